The zero-order valence-electron chi connectivity index (χ0n) is 12.4. The fraction of sp³-hybridized carbons (Fsp3) is 0.333. The molecule has 0 saturated heterocycles. The lowest BCUT2D eigenvalue weighted by molar-refractivity contribution is 0.0922. The topological polar surface area (TPSA) is 38.7 Å². The number of benzene rings is 2. The van der Waals surface area contributed by atoms with Crippen LogP contribution in [0.1, 0.15) is 18.9 Å². The maximum absolute atomic E-state index is 8.73. The van der Waals surface area contributed by atoms with Gasteiger partial charge in [-0.3, -0.25) is 0 Å². The van der Waals surface area contributed by atoms with Gasteiger partial charge in [0.05, 0.1) is 13.2 Å². The van der Waals surface area contributed by atoms with E-state index in [4.69, 9.17) is 14.6 Å². The summed E-state index contributed by atoms with van der Waals surface area (Å²) in [4.78, 5) is 0. The first-order valence-corrected chi connectivity index (χ1v) is 7.02. The van der Waals surface area contributed by atoms with Gasteiger partial charge in [-0.05, 0) is 42.0 Å². The first-order chi connectivity index (χ1) is 10.2. The third-order valence-corrected chi connectivity index (χ3v) is 3.02. The normalized spacial score (nSPS) is 11.8. The van der Waals surface area contributed by atoms with Crippen LogP contribution in [0.15, 0.2) is 36.4 Å². The molecule has 3 nitrogen and oxygen atoms in total. The van der Waals surface area contributed by atoms with E-state index in [2.05, 4.69) is 11.8 Å². The minimum Gasteiger partial charge on any atom is -0.488 e. The number of ether oxygens (including phenoxy) is 2. The van der Waals surface area contributed by atoms with Gasteiger partial charge in [0.25, 0.3) is 0 Å². The fourth-order valence-electron chi connectivity index (χ4n) is 2.10. The predicted molar refractivity (Wildman–Crippen MR) is 84.5 cm³/mol. The summed E-state index contributed by atoms with van der Waals surface area (Å²) in [6, 6.07) is 12.1. The van der Waals surface area contributed by atoms with Crippen LogP contribution in [0.25, 0.3) is 10.8 Å². The molecule has 2 aromatic rings. The molecule has 0 aliphatic carbocycles. The molecule has 1 unspecified atom stereocenters. The standard InChI is InChI=1S/C18H20O3/c1-14(13-20-2)21-18-9-8-16-11-15(5-3-4-10-19)6-7-17(16)12-18/h6-9,11-12,14,19H,4,10,13H2,1-2H3. The van der Waals surface area contributed by atoms with Crippen LogP contribution in [-0.4, -0.2) is 31.5 Å². The van der Waals surface area contributed by atoms with Crippen molar-refractivity contribution in [1.82, 2.24) is 0 Å². The van der Waals surface area contributed by atoms with Gasteiger partial charge in [0.1, 0.15) is 11.9 Å². The van der Waals surface area contributed by atoms with Gasteiger partial charge in [-0.15, -0.1) is 0 Å². The molecule has 1 N–H and O–H groups in total. The molecule has 0 aliphatic rings. The number of hydrogen-bond acceptors (Lipinski definition) is 3. The lowest BCUT2D eigenvalue weighted by Gasteiger charge is -2.14. The molecule has 21 heavy (non-hydrogen) atoms. The highest BCUT2D eigenvalue weighted by molar-refractivity contribution is 5.85. The molecule has 0 fully saturated rings. The highest BCUT2D eigenvalue weighted by Crippen LogP contribution is 2.22. The average molecular weight is 284 g/mol. The van der Waals surface area contributed by atoms with Gasteiger partial charge in [0, 0.05) is 19.1 Å². The van der Waals surface area contributed by atoms with Crippen LogP contribution in [0.5, 0.6) is 5.75 Å². The number of hydrogen-bond donors (Lipinski definition) is 1. The fourth-order valence-corrected chi connectivity index (χ4v) is 2.10. The zero-order chi connectivity index (χ0) is 15.1. The first-order valence-electron chi connectivity index (χ1n) is 7.02. The minimum atomic E-state index is 0.0241. The minimum absolute atomic E-state index is 0.0241. The van der Waals surface area contributed by atoms with Crippen molar-refractivity contribution in [2.75, 3.05) is 20.3 Å². The third-order valence-electron chi connectivity index (χ3n) is 3.02. The summed E-state index contributed by atoms with van der Waals surface area (Å²) >= 11 is 0. The summed E-state index contributed by atoms with van der Waals surface area (Å²) < 4.78 is 10.9. The molecular weight excluding hydrogens is 264 g/mol. The zero-order valence-corrected chi connectivity index (χ0v) is 12.4. The maximum atomic E-state index is 8.73. The SMILES string of the molecule is COCC(C)Oc1ccc2cc(C#CCCO)ccc2c1. The summed E-state index contributed by atoms with van der Waals surface area (Å²) in [6.45, 7) is 2.64. The Morgan fingerprint density at radius 3 is 2.67 bits per heavy atom. The molecule has 0 aromatic heterocycles. The summed E-state index contributed by atoms with van der Waals surface area (Å²) in [5.41, 5.74) is 0.956. The van der Waals surface area contributed by atoms with E-state index in [0.29, 0.717) is 13.0 Å². The van der Waals surface area contributed by atoms with E-state index in [1.807, 2.05) is 43.3 Å². The number of aliphatic hydroxyl groups excluding tert-OH is 1. The van der Waals surface area contributed by atoms with Crippen LogP contribution in [0.3, 0.4) is 0 Å². The number of aliphatic hydroxyl groups is 1. The molecular formula is C18H20O3. The Kier molecular flexibility index (Phi) is 5.62. The Bertz CT molecular complexity index is 652. The molecule has 0 saturated carbocycles. The molecule has 0 radical (unpaired) electrons. The van der Waals surface area contributed by atoms with Crippen molar-refractivity contribution < 1.29 is 14.6 Å². The molecule has 2 rings (SSSR count). The Balaban J connectivity index is 2.18. The van der Waals surface area contributed by atoms with Gasteiger partial charge in [-0.1, -0.05) is 24.0 Å². The Morgan fingerprint density at radius 2 is 1.90 bits per heavy atom. The molecule has 2 aromatic carbocycles. The largest absolute Gasteiger partial charge is 0.488 e. The van der Waals surface area contributed by atoms with Crippen LogP contribution in [0, 0.1) is 11.8 Å². The van der Waals surface area contributed by atoms with Gasteiger partial charge < -0.3 is 14.6 Å². The molecule has 0 heterocycles. The van der Waals surface area contributed by atoms with E-state index in [0.717, 1.165) is 22.1 Å². The number of rotatable bonds is 5. The molecule has 0 aliphatic heterocycles. The highest BCUT2D eigenvalue weighted by atomic mass is 16.5. The van der Waals surface area contributed by atoms with Gasteiger partial charge in [-0.2, -0.15) is 0 Å². The lowest BCUT2D eigenvalue weighted by atomic mass is 10.1. The van der Waals surface area contributed by atoms with Gasteiger partial charge in [0.15, 0.2) is 0 Å². The lowest BCUT2D eigenvalue weighted by Crippen LogP contribution is -2.17. The molecule has 0 bridgehead atoms. The molecule has 1 atom stereocenters. The van der Waals surface area contributed by atoms with E-state index < -0.39 is 0 Å². The quantitative estimate of drug-likeness (QED) is 0.858. The monoisotopic (exact) mass is 284 g/mol. The third kappa shape index (κ3) is 4.49. The van der Waals surface area contributed by atoms with Crippen LogP contribution in [-0.2, 0) is 4.74 Å². The van der Waals surface area contributed by atoms with Crippen LogP contribution in [0.2, 0.25) is 0 Å². The second-order valence-corrected chi connectivity index (χ2v) is 4.88. The summed E-state index contributed by atoms with van der Waals surface area (Å²) in [6.07, 6.45) is 0.526. The average Bonchev–Trinajstić information content (AvgIpc) is 2.48. The molecule has 110 valence electrons. The van der Waals surface area contributed by atoms with Crippen LogP contribution in [0.4, 0.5) is 0 Å². The molecule has 0 spiro atoms. The number of fused-ring (bicyclic) bond motifs is 1. The summed E-state index contributed by atoms with van der Waals surface area (Å²) in [5, 5.41) is 11.0. The number of methoxy groups -OCH3 is 1. The highest BCUT2D eigenvalue weighted by Gasteiger charge is 2.04. The predicted octanol–water partition coefficient (Wildman–Crippen LogP) is 2.99. The van der Waals surface area contributed by atoms with Crippen LogP contribution < -0.4 is 4.74 Å². The van der Waals surface area contributed by atoms with Crippen molar-refractivity contribution in [3.05, 3.63) is 42.0 Å². The van der Waals surface area contributed by atoms with Crippen molar-refractivity contribution in [1.29, 1.82) is 0 Å². The van der Waals surface area contributed by atoms with E-state index in [1.165, 1.54) is 0 Å². The second kappa shape index (κ2) is 7.68. The van der Waals surface area contributed by atoms with Crippen molar-refractivity contribution in [2.24, 2.45) is 0 Å². The maximum Gasteiger partial charge on any atom is 0.120 e. The smallest absolute Gasteiger partial charge is 0.120 e. The van der Waals surface area contributed by atoms with Gasteiger partial charge in [-0.25, -0.2) is 0 Å². The van der Waals surface area contributed by atoms with Crippen molar-refractivity contribution in [3.63, 3.8) is 0 Å². The van der Waals surface area contributed by atoms with Crippen molar-refractivity contribution in [2.45, 2.75) is 19.4 Å². The van der Waals surface area contributed by atoms with E-state index in [9.17, 15) is 0 Å². The first kappa shape index (κ1) is 15.4. The van der Waals surface area contributed by atoms with Gasteiger partial charge in [0.2, 0.25) is 0 Å². The van der Waals surface area contributed by atoms with Crippen molar-refractivity contribution >= 4 is 10.8 Å². The Hall–Kier alpha value is -2.02. The van der Waals surface area contributed by atoms with Crippen molar-refractivity contribution in [3.8, 4) is 17.6 Å². The van der Waals surface area contributed by atoms with Crippen LogP contribution >= 0.6 is 0 Å². The van der Waals surface area contributed by atoms with E-state index >= 15 is 0 Å². The van der Waals surface area contributed by atoms with E-state index in [1.54, 1.807) is 7.11 Å². The summed E-state index contributed by atoms with van der Waals surface area (Å²) in [5.74, 6) is 6.81. The molecule has 0 amide bonds. The van der Waals surface area contributed by atoms with Gasteiger partial charge >= 0.3 is 0 Å². The summed E-state index contributed by atoms with van der Waals surface area (Å²) in [7, 11) is 1.67. The Labute approximate surface area is 125 Å². The van der Waals surface area contributed by atoms with E-state index in [-0.39, 0.29) is 12.7 Å². The molecule has 3 heteroatoms. The second-order valence-electron chi connectivity index (χ2n) is 4.88. The Morgan fingerprint density at radius 1 is 1.14 bits per heavy atom.